The summed E-state index contributed by atoms with van der Waals surface area (Å²) in [4.78, 5) is 3.92. The molecule has 0 spiro atoms. The van der Waals surface area contributed by atoms with Gasteiger partial charge in [0.25, 0.3) is 0 Å². The fraction of sp³-hybridized carbons (Fsp3) is 0.300. The van der Waals surface area contributed by atoms with Gasteiger partial charge in [-0.2, -0.15) is 0 Å². The summed E-state index contributed by atoms with van der Waals surface area (Å²) in [5.74, 6) is 1.29. The fourth-order valence-corrected chi connectivity index (χ4v) is 2.36. The first kappa shape index (κ1) is 12.3. The second kappa shape index (κ2) is 5.48. The Morgan fingerprint density at radius 3 is 2.94 bits per heavy atom. The zero-order valence-electron chi connectivity index (χ0n) is 9.17. The van der Waals surface area contributed by atoms with E-state index in [9.17, 15) is 0 Å². The van der Waals surface area contributed by atoms with Gasteiger partial charge in [0.15, 0.2) is 11.0 Å². The molecule has 0 radical (unpaired) electrons. The van der Waals surface area contributed by atoms with Crippen LogP contribution in [-0.4, -0.2) is 24.9 Å². The number of nitrogens with zero attached hydrogens (tertiary/aromatic N) is 4. The molecule has 17 heavy (non-hydrogen) atoms. The van der Waals surface area contributed by atoms with Crippen molar-refractivity contribution in [2.75, 3.05) is 0 Å². The SMILES string of the molecule is Cn1c(CO)nnc1SCc1ccnc(Cl)c1. The van der Waals surface area contributed by atoms with Crippen molar-refractivity contribution >= 4 is 23.4 Å². The minimum absolute atomic E-state index is 0.106. The van der Waals surface area contributed by atoms with Crippen molar-refractivity contribution in [3.63, 3.8) is 0 Å². The van der Waals surface area contributed by atoms with Gasteiger partial charge in [-0.25, -0.2) is 4.98 Å². The summed E-state index contributed by atoms with van der Waals surface area (Å²) in [5, 5.41) is 18.1. The number of hydrogen-bond acceptors (Lipinski definition) is 5. The predicted octanol–water partition coefficient (Wildman–Crippen LogP) is 1.65. The fourth-order valence-electron chi connectivity index (χ4n) is 1.29. The van der Waals surface area contributed by atoms with Gasteiger partial charge in [-0.3, -0.25) is 0 Å². The monoisotopic (exact) mass is 270 g/mol. The highest BCUT2D eigenvalue weighted by molar-refractivity contribution is 7.98. The summed E-state index contributed by atoms with van der Waals surface area (Å²) < 4.78 is 1.77. The number of aliphatic hydroxyl groups excluding tert-OH is 1. The first-order valence-corrected chi connectivity index (χ1v) is 6.29. The second-order valence-corrected chi connectivity index (χ2v) is 4.72. The molecule has 2 aromatic heterocycles. The summed E-state index contributed by atoms with van der Waals surface area (Å²) in [5.41, 5.74) is 1.07. The molecule has 2 heterocycles. The van der Waals surface area contributed by atoms with Crippen LogP contribution in [0.25, 0.3) is 0 Å². The van der Waals surface area contributed by atoms with Crippen LogP contribution in [-0.2, 0) is 19.4 Å². The lowest BCUT2D eigenvalue weighted by Gasteiger charge is -2.02. The van der Waals surface area contributed by atoms with Gasteiger partial charge in [-0.05, 0) is 17.7 Å². The zero-order chi connectivity index (χ0) is 12.3. The van der Waals surface area contributed by atoms with E-state index in [1.165, 1.54) is 11.8 Å². The lowest BCUT2D eigenvalue weighted by atomic mass is 10.3. The maximum atomic E-state index is 9.00. The third-order valence-electron chi connectivity index (χ3n) is 2.23. The van der Waals surface area contributed by atoms with Crippen molar-refractivity contribution in [3.05, 3.63) is 34.9 Å². The highest BCUT2D eigenvalue weighted by Crippen LogP contribution is 2.21. The van der Waals surface area contributed by atoms with Crippen molar-refractivity contribution in [2.45, 2.75) is 17.5 Å². The first-order chi connectivity index (χ1) is 8.20. The molecular formula is C10H11ClN4OS. The average Bonchev–Trinajstić information content (AvgIpc) is 2.67. The number of thioether (sulfide) groups is 1. The number of pyridine rings is 1. The van der Waals surface area contributed by atoms with Crippen LogP contribution in [0.15, 0.2) is 23.5 Å². The Hall–Kier alpha value is -1.11. The molecule has 0 aromatic carbocycles. The summed E-state index contributed by atoms with van der Waals surface area (Å²) >= 11 is 7.33. The van der Waals surface area contributed by atoms with E-state index in [1.54, 1.807) is 10.8 Å². The molecule has 0 atom stereocenters. The number of halogens is 1. The van der Waals surface area contributed by atoms with Crippen LogP contribution in [0.1, 0.15) is 11.4 Å². The van der Waals surface area contributed by atoms with E-state index in [2.05, 4.69) is 15.2 Å². The second-order valence-electron chi connectivity index (χ2n) is 3.39. The highest BCUT2D eigenvalue weighted by Gasteiger charge is 2.08. The molecule has 7 heteroatoms. The maximum absolute atomic E-state index is 9.00. The van der Waals surface area contributed by atoms with Crippen LogP contribution < -0.4 is 0 Å². The van der Waals surface area contributed by atoms with E-state index in [0.29, 0.717) is 11.0 Å². The summed E-state index contributed by atoms with van der Waals surface area (Å²) in [7, 11) is 1.83. The minimum Gasteiger partial charge on any atom is -0.388 e. The largest absolute Gasteiger partial charge is 0.388 e. The van der Waals surface area contributed by atoms with Crippen LogP contribution in [0.5, 0.6) is 0 Å². The number of hydrogen-bond donors (Lipinski definition) is 1. The molecule has 0 bridgehead atoms. The molecule has 0 aliphatic rings. The van der Waals surface area contributed by atoms with Gasteiger partial charge in [-0.15, -0.1) is 10.2 Å². The molecule has 0 aliphatic carbocycles. The van der Waals surface area contributed by atoms with Crippen molar-refractivity contribution in [1.29, 1.82) is 0 Å². The molecule has 0 aliphatic heterocycles. The van der Waals surface area contributed by atoms with Crippen molar-refractivity contribution < 1.29 is 5.11 Å². The van der Waals surface area contributed by atoms with Crippen LogP contribution in [0.3, 0.4) is 0 Å². The number of rotatable bonds is 4. The Balaban J connectivity index is 2.05. The van der Waals surface area contributed by atoms with Gasteiger partial charge in [-0.1, -0.05) is 23.4 Å². The molecule has 5 nitrogen and oxygen atoms in total. The zero-order valence-corrected chi connectivity index (χ0v) is 10.7. The van der Waals surface area contributed by atoms with Crippen molar-refractivity contribution in [3.8, 4) is 0 Å². The average molecular weight is 271 g/mol. The number of aliphatic hydroxyl groups is 1. The topological polar surface area (TPSA) is 63.8 Å². The minimum atomic E-state index is -0.106. The van der Waals surface area contributed by atoms with Crippen molar-refractivity contribution in [1.82, 2.24) is 19.7 Å². The standard InChI is InChI=1S/C10H11ClN4OS/c1-15-9(5-16)13-14-10(15)17-6-7-2-3-12-8(11)4-7/h2-4,16H,5-6H2,1H3. The van der Waals surface area contributed by atoms with E-state index < -0.39 is 0 Å². The first-order valence-electron chi connectivity index (χ1n) is 4.93. The lowest BCUT2D eigenvalue weighted by Crippen LogP contribution is -1.98. The van der Waals surface area contributed by atoms with Crippen LogP contribution >= 0.6 is 23.4 Å². The van der Waals surface area contributed by atoms with Crippen LogP contribution in [0, 0.1) is 0 Å². The molecule has 2 aromatic rings. The third kappa shape index (κ3) is 2.96. The van der Waals surface area contributed by atoms with Gasteiger partial charge >= 0.3 is 0 Å². The van der Waals surface area contributed by atoms with E-state index in [-0.39, 0.29) is 6.61 Å². The normalized spacial score (nSPS) is 10.8. The van der Waals surface area contributed by atoms with Gasteiger partial charge in [0.2, 0.25) is 0 Å². The van der Waals surface area contributed by atoms with Crippen LogP contribution in [0.2, 0.25) is 5.15 Å². The smallest absolute Gasteiger partial charge is 0.191 e. The molecule has 1 N–H and O–H groups in total. The Kier molecular flexibility index (Phi) is 3.98. The predicted molar refractivity (Wildman–Crippen MR) is 65.7 cm³/mol. The highest BCUT2D eigenvalue weighted by atomic mass is 35.5. The summed E-state index contributed by atoms with van der Waals surface area (Å²) in [6.45, 7) is -0.106. The molecule has 0 saturated heterocycles. The molecule has 0 amide bonds. The quantitative estimate of drug-likeness (QED) is 0.676. The Morgan fingerprint density at radius 2 is 2.29 bits per heavy atom. The molecular weight excluding hydrogens is 260 g/mol. The molecule has 0 unspecified atom stereocenters. The molecule has 0 fully saturated rings. The Bertz CT molecular complexity index is 517. The Morgan fingerprint density at radius 1 is 1.47 bits per heavy atom. The third-order valence-corrected chi connectivity index (χ3v) is 3.52. The van der Waals surface area contributed by atoms with Gasteiger partial charge < -0.3 is 9.67 Å². The summed E-state index contributed by atoms with van der Waals surface area (Å²) in [6, 6.07) is 3.72. The van der Waals surface area contributed by atoms with E-state index in [0.717, 1.165) is 16.5 Å². The van der Waals surface area contributed by atoms with Crippen LogP contribution in [0.4, 0.5) is 0 Å². The summed E-state index contributed by atoms with van der Waals surface area (Å²) in [6.07, 6.45) is 1.67. The van der Waals surface area contributed by atoms with E-state index in [1.807, 2.05) is 19.2 Å². The van der Waals surface area contributed by atoms with Gasteiger partial charge in [0, 0.05) is 19.0 Å². The Labute approximate surface area is 108 Å². The van der Waals surface area contributed by atoms with Gasteiger partial charge in [0.05, 0.1) is 0 Å². The molecule has 90 valence electrons. The van der Waals surface area contributed by atoms with E-state index in [4.69, 9.17) is 16.7 Å². The van der Waals surface area contributed by atoms with Crippen molar-refractivity contribution in [2.24, 2.45) is 7.05 Å². The van der Waals surface area contributed by atoms with E-state index >= 15 is 0 Å². The lowest BCUT2D eigenvalue weighted by molar-refractivity contribution is 0.266. The molecule has 0 saturated carbocycles. The molecule has 2 rings (SSSR count). The maximum Gasteiger partial charge on any atom is 0.191 e. The number of aromatic nitrogens is 4. The van der Waals surface area contributed by atoms with Gasteiger partial charge in [0.1, 0.15) is 11.8 Å².